The van der Waals surface area contributed by atoms with E-state index in [0.717, 1.165) is 106 Å². The molecule has 62 heavy (non-hydrogen) atoms. The second kappa shape index (κ2) is 12.7. The summed E-state index contributed by atoms with van der Waals surface area (Å²) < 4.78 is 14.4. The van der Waals surface area contributed by atoms with Crippen molar-refractivity contribution < 1.29 is 19.1 Å². The van der Waals surface area contributed by atoms with Crippen LogP contribution in [-0.4, -0.2) is 59.5 Å². The third-order valence-electron chi connectivity index (χ3n) is 19.7. The molecule has 4 saturated heterocycles. The van der Waals surface area contributed by atoms with Crippen LogP contribution in [0.15, 0.2) is 101 Å². The fourth-order valence-electron chi connectivity index (χ4n) is 17.7. The molecule has 2 N–H and O–H groups in total. The van der Waals surface area contributed by atoms with E-state index in [1.807, 2.05) is 0 Å². The molecule has 14 atom stereocenters. The van der Waals surface area contributed by atoms with Gasteiger partial charge in [-0.15, -0.1) is 0 Å². The highest BCUT2D eigenvalue weighted by Crippen LogP contribution is 2.87. The molecule has 8 heterocycles. The van der Waals surface area contributed by atoms with Crippen LogP contribution >= 0.6 is 0 Å². The van der Waals surface area contributed by atoms with Crippen molar-refractivity contribution in [2.24, 2.45) is 58.0 Å². The highest BCUT2D eigenvalue weighted by molar-refractivity contribution is 6.00. The Bertz CT molecular complexity index is 2550. The van der Waals surface area contributed by atoms with Gasteiger partial charge in [-0.2, -0.15) is 0 Å². The molecule has 15 rings (SSSR count). The van der Waals surface area contributed by atoms with Crippen LogP contribution in [-0.2, 0) is 39.1 Å². The first kappa shape index (κ1) is 37.2. The van der Waals surface area contributed by atoms with Crippen molar-refractivity contribution in [1.82, 2.24) is 9.80 Å². The summed E-state index contributed by atoms with van der Waals surface area (Å²) in [6, 6.07) is 17.1. The fourth-order valence-corrected chi connectivity index (χ4v) is 17.7. The summed E-state index contributed by atoms with van der Waals surface area (Å²) in [5.74, 6) is 2.77. The maximum Gasteiger partial charge on any atom is 0.339 e. The zero-order valence-electron chi connectivity index (χ0n) is 36.5. The average molecular weight is 828 g/mol. The van der Waals surface area contributed by atoms with Gasteiger partial charge in [0.2, 0.25) is 0 Å². The normalized spacial score (nSPS) is 44.2. The number of rotatable bonds is 3. The first-order valence-corrected chi connectivity index (χ1v) is 24.7. The average Bonchev–Trinajstić information content (AvgIpc) is 3.71. The van der Waals surface area contributed by atoms with Gasteiger partial charge in [0.15, 0.2) is 5.60 Å². The highest BCUT2D eigenvalue weighted by Gasteiger charge is 2.92. The molecular formula is C55H61N3O4. The molecule has 5 fully saturated rings. The van der Waals surface area contributed by atoms with E-state index in [2.05, 4.69) is 90.4 Å². The van der Waals surface area contributed by atoms with Gasteiger partial charge in [0.05, 0.1) is 17.0 Å². The maximum absolute atomic E-state index is 16.1. The first-order valence-electron chi connectivity index (χ1n) is 24.7. The number of carbonyl (C=O) groups is 2. The van der Waals surface area contributed by atoms with Gasteiger partial charge < -0.3 is 20.1 Å². The van der Waals surface area contributed by atoms with E-state index < -0.39 is 16.4 Å². The van der Waals surface area contributed by atoms with Gasteiger partial charge in [0, 0.05) is 48.3 Å². The Kier molecular flexibility index (Phi) is 7.65. The molecule has 1 saturated carbocycles. The summed E-state index contributed by atoms with van der Waals surface area (Å²) in [5.41, 5.74) is 16.2. The van der Waals surface area contributed by atoms with E-state index in [9.17, 15) is 4.79 Å². The lowest BCUT2D eigenvalue weighted by Gasteiger charge is -2.71. The summed E-state index contributed by atoms with van der Waals surface area (Å²) >= 11 is 0. The monoisotopic (exact) mass is 827 g/mol. The minimum atomic E-state index is -1.00. The molecule has 13 aliphatic rings. The van der Waals surface area contributed by atoms with Crippen molar-refractivity contribution in [2.75, 3.05) is 19.6 Å². The Morgan fingerprint density at radius 2 is 1.85 bits per heavy atom. The molecule has 2 aromatic rings. The van der Waals surface area contributed by atoms with Crippen molar-refractivity contribution in [3.63, 3.8) is 0 Å². The summed E-state index contributed by atoms with van der Waals surface area (Å²) in [5, 5.41) is 0. The molecule has 0 aromatic heterocycles. The Balaban J connectivity index is 1.09. The van der Waals surface area contributed by atoms with Crippen molar-refractivity contribution in [2.45, 2.75) is 121 Å². The molecule has 5 aliphatic carbocycles. The Labute approximate surface area is 366 Å². The smallest absolute Gasteiger partial charge is 0.339 e. The fraction of sp³-hybridized carbons (Fsp3) is 0.564. The lowest BCUT2D eigenvalue weighted by atomic mass is 9.29. The Morgan fingerprint density at radius 1 is 0.968 bits per heavy atom. The van der Waals surface area contributed by atoms with E-state index in [0.29, 0.717) is 48.3 Å². The van der Waals surface area contributed by atoms with Crippen molar-refractivity contribution >= 4 is 11.9 Å². The number of fused-ring (bicyclic) bond motifs is 7. The number of allylic oxidation sites excluding steroid dienone is 5. The van der Waals surface area contributed by atoms with Crippen LogP contribution in [0.2, 0.25) is 0 Å². The summed E-state index contributed by atoms with van der Waals surface area (Å²) in [6.07, 6.45) is 22.6. The van der Waals surface area contributed by atoms with E-state index in [-0.39, 0.29) is 29.7 Å². The molecular weight excluding hydrogens is 767 g/mol. The molecule has 3 spiro atoms. The number of nitrogens with zero attached hydrogens (tertiary/aromatic N) is 2. The second-order valence-corrected chi connectivity index (χ2v) is 22.0. The topological polar surface area (TPSA) is 85.1 Å². The van der Waals surface area contributed by atoms with Crippen molar-refractivity contribution in [3.05, 3.63) is 128 Å². The van der Waals surface area contributed by atoms with E-state index in [1.54, 1.807) is 5.70 Å². The molecule has 2 aromatic carbocycles. The molecule has 7 nitrogen and oxygen atoms in total. The molecule has 7 heteroatoms. The standard InChI is InChI=1S/C55H61N3O4/c1-30-22-36-16-18-44-38-25-39-29-58(44)50(36)49-40-19-20-53-46(27-35-15-17-43(39)57(28-38)31(35)2)61-52(60)54(53)42(40)26-37(47(30)49)24-33-10-5-9-32(23-33)8-3-4-14-45(54)55(53)41-13-6-11-34(12-7-21-56)48(41)51(59)62-55/h5-6,9-11,13,16,18,23,26-27,30-31,35,38-39,43-45,47,49H,3-4,7-8,12,14-15,17,19-22,24-25,28-29,56H2,1-2H3/b46-27+/t30-,31-,35-,38-,39-,43+,44-,45-,47-,49+,53+,54-,55+/m0/s1. The summed E-state index contributed by atoms with van der Waals surface area (Å²) in [6.45, 7) is 7.80. The van der Waals surface area contributed by atoms with Gasteiger partial charge in [-0.1, -0.05) is 85.2 Å². The number of esters is 2. The number of benzene rings is 2. The number of ether oxygens (including phenoxy) is 2. The molecule has 0 radical (unpaired) electrons. The van der Waals surface area contributed by atoms with E-state index in [4.69, 9.17) is 15.2 Å². The third-order valence-corrected chi connectivity index (χ3v) is 19.7. The number of piperidine rings is 3. The van der Waals surface area contributed by atoms with Crippen molar-refractivity contribution in [3.8, 4) is 0 Å². The number of aryl methyl sites for hydroxylation is 2. The summed E-state index contributed by atoms with van der Waals surface area (Å²) in [4.78, 5) is 36.8. The van der Waals surface area contributed by atoms with Gasteiger partial charge in [-0.3, -0.25) is 9.69 Å². The minimum Gasteiger partial charge on any atom is -0.449 e. The Morgan fingerprint density at radius 3 is 2.76 bits per heavy atom. The van der Waals surface area contributed by atoms with E-state index >= 15 is 4.79 Å². The molecule has 8 aliphatic heterocycles. The summed E-state index contributed by atoms with van der Waals surface area (Å²) in [7, 11) is 0. The van der Waals surface area contributed by atoms with Gasteiger partial charge in [0.25, 0.3) is 0 Å². The third kappa shape index (κ3) is 4.28. The van der Waals surface area contributed by atoms with Gasteiger partial charge >= 0.3 is 11.9 Å². The maximum atomic E-state index is 16.1. The molecule has 1 unspecified atom stereocenters. The molecule has 14 bridgehead atoms. The second-order valence-electron chi connectivity index (χ2n) is 22.0. The number of hydrogen-bond acceptors (Lipinski definition) is 7. The van der Waals surface area contributed by atoms with Crippen LogP contribution in [0.25, 0.3) is 0 Å². The van der Waals surface area contributed by atoms with Crippen LogP contribution in [0.3, 0.4) is 0 Å². The van der Waals surface area contributed by atoms with Crippen LogP contribution < -0.4 is 5.73 Å². The largest absolute Gasteiger partial charge is 0.449 e. The zero-order chi connectivity index (χ0) is 41.4. The SMILES string of the molecule is C[C@H]1CC2=C3[C@@H]4C5=C6C=C(Cc7cccc(c7)CCCC[C@H]7[C@]68C(=O)O/C(=C/[C@@H]6CC[C@@H]9[C@H]%10C[C@@H](CN9[C@H]6C)[C@H](C=C2)N3C%10)[C@@]8(CC5)[C@]72OC(=O)c3c(CCCN)cccc32)[C@@H]41. The lowest BCUT2D eigenvalue weighted by Crippen LogP contribution is -2.77. The Hall–Kier alpha value is -4.20. The van der Waals surface area contributed by atoms with E-state index in [1.165, 1.54) is 46.3 Å². The van der Waals surface area contributed by atoms with Crippen molar-refractivity contribution in [1.29, 1.82) is 0 Å². The minimum absolute atomic E-state index is 0.0881. The highest BCUT2D eigenvalue weighted by atomic mass is 16.6. The van der Waals surface area contributed by atoms with Gasteiger partial charge in [0.1, 0.15) is 11.2 Å². The van der Waals surface area contributed by atoms with Crippen LogP contribution in [0.4, 0.5) is 0 Å². The lowest BCUT2D eigenvalue weighted by molar-refractivity contribution is -0.275. The predicted octanol–water partition coefficient (Wildman–Crippen LogP) is 8.89. The predicted molar refractivity (Wildman–Crippen MR) is 237 cm³/mol. The van der Waals surface area contributed by atoms with Crippen LogP contribution in [0, 0.1) is 52.3 Å². The number of hydrogen-bond donors (Lipinski definition) is 1. The molecule has 0 amide bonds. The van der Waals surface area contributed by atoms with Crippen LogP contribution in [0.5, 0.6) is 0 Å². The van der Waals surface area contributed by atoms with Gasteiger partial charge in [-0.25, -0.2) is 4.79 Å². The van der Waals surface area contributed by atoms with Crippen LogP contribution in [0.1, 0.15) is 111 Å². The number of carbonyl (C=O) groups excluding carboxylic acids is 2. The number of nitrogens with two attached hydrogens (primary N) is 1. The molecule has 320 valence electrons. The zero-order valence-corrected chi connectivity index (χ0v) is 36.5. The quantitative estimate of drug-likeness (QED) is 0.310. The first-order chi connectivity index (χ1) is 30.3. The van der Waals surface area contributed by atoms with Gasteiger partial charge in [-0.05, 0) is 154 Å².